The van der Waals surface area contributed by atoms with Crippen LogP contribution in [-0.4, -0.2) is 0 Å². The van der Waals surface area contributed by atoms with E-state index in [2.05, 4.69) is 92.0 Å². The monoisotopic (exact) mass is 333 g/mol. The molecule has 0 saturated carbocycles. The molecular weight excluding hydrogens is 314 g/mol. The molecule has 4 aromatic carbocycles. The largest absolute Gasteiger partial charge is 0.354 e. The Kier molecular flexibility index (Phi) is 2.48. The highest BCUT2D eigenvalue weighted by Gasteiger charge is 2.37. The molecule has 124 valence electrons. The van der Waals surface area contributed by atoms with Crippen molar-refractivity contribution in [2.75, 3.05) is 5.32 Å². The number of hydrogen-bond acceptors (Lipinski definition) is 1. The maximum absolute atomic E-state index is 3.70. The van der Waals surface area contributed by atoms with Crippen molar-refractivity contribution < 1.29 is 0 Å². The van der Waals surface area contributed by atoms with Gasteiger partial charge in [-0.3, -0.25) is 0 Å². The van der Waals surface area contributed by atoms with Gasteiger partial charge in [0.2, 0.25) is 0 Å². The van der Waals surface area contributed by atoms with Crippen molar-refractivity contribution in [2.45, 2.75) is 19.3 Å². The highest BCUT2D eigenvalue weighted by Crippen LogP contribution is 2.55. The Morgan fingerprint density at radius 3 is 2.27 bits per heavy atom. The summed E-state index contributed by atoms with van der Waals surface area (Å²) in [7, 11) is 0. The van der Waals surface area contributed by atoms with Crippen molar-refractivity contribution in [1.82, 2.24) is 0 Å². The van der Waals surface area contributed by atoms with Crippen LogP contribution in [0.25, 0.3) is 33.0 Å². The Balaban J connectivity index is 1.81. The summed E-state index contributed by atoms with van der Waals surface area (Å²) >= 11 is 0. The minimum Gasteiger partial charge on any atom is -0.354 e. The van der Waals surface area contributed by atoms with Gasteiger partial charge in [-0.2, -0.15) is 0 Å². The molecule has 0 bridgehead atoms. The highest BCUT2D eigenvalue weighted by atomic mass is 14.9. The molecule has 1 heterocycles. The van der Waals surface area contributed by atoms with Gasteiger partial charge in [0.15, 0.2) is 0 Å². The lowest BCUT2D eigenvalue weighted by molar-refractivity contribution is 0.661. The zero-order chi connectivity index (χ0) is 17.5. The number of hydrogen-bond donors (Lipinski definition) is 1. The van der Waals surface area contributed by atoms with Crippen LogP contribution in [0.5, 0.6) is 0 Å². The predicted octanol–water partition coefficient (Wildman–Crippen LogP) is 6.87. The first-order chi connectivity index (χ1) is 12.7. The summed E-state index contributed by atoms with van der Waals surface area (Å²) in [4.78, 5) is 0. The second-order valence-electron chi connectivity index (χ2n) is 7.92. The van der Waals surface area contributed by atoms with Crippen LogP contribution >= 0.6 is 0 Å². The van der Waals surface area contributed by atoms with Crippen LogP contribution in [0.2, 0.25) is 0 Å². The quantitative estimate of drug-likeness (QED) is 0.326. The number of benzene rings is 4. The lowest BCUT2D eigenvalue weighted by Gasteiger charge is -2.27. The van der Waals surface area contributed by atoms with E-state index >= 15 is 0 Å². The molecule has 0 amide bonds. The van der Waals surface area contributed by atoms with Crippen LogP contribution in [0.15, 0.2) is 72.8 Å². The molecule has 0 aromatic heterocycles. The van der Waals surface area contributed by atoms with E-state index in [0.29, 0.717) is 0 Å². The predicted molar refractivity (Wildman–Crippen MR) is 110 cm³/mol. The van der Waals surface area contributed by atoms with Crippen LogP contribution in [0.4, 0.5) is 11.4 Å². The van der Waals surface area contributed by atoms with E-state index < -0.39 is 0 Å². The van der Waals surface area contributed by atoms with Crippen LogP contribution in [0, 0.1) is 0 Å². The summed E-state index contributed by atoms with van der Waals surface area (Å²) in [6.07, 6.45) is 0. The molecule has 1 aliphatic heterocycles. The van der Waals surface area contributed by atoms with Crippen LogP contribution in [0.1, 0.15) is 25.0 Å². The Hall–Kier alpha value is -3.06. The molecule has 4 aromatic rings. The van der Waals surface area contributed by atoms with Gasteiger partial charge in [-0.25, -0.2) is 0 Å². The van der Waals surface area contributed by atoms with Gasteiger partial charge in [-0.1, -0.05) is 74.5 Å². The Morgan fingerprint density at radius 2 is 1.38 bits per heavy atom. The molecule has 1 nitrogen and oxygen atoms in total. The lowest BCUT2D eigenvalue weighted by Crippen LogP contribution is -2.15. The fourth-order valence-corrected chi connectivity index (χ4v) is 4.95. The fourth-order valence-electron chi connectivity index (χ4n) is 4.95. The van der Waals surface area contributed by atoms with E-state index in [1.165, 1.54) is 55.5 Å². The topological polar surface area (TPSA) is 12.0 Å². The van der Waals surface area contributed by atoms with Gasteiger partial charge in [0.05, 0.1) is 0 Å². The fraction of sp³-hybridized carbons (Fsp3) is 0.120. The second-order valence-corrected chi connectivity index (χ2v) is 7.92. The van der Waals surface area contributed by atoms with Crippen LogP contribution < -0.4 is 5.32 Å². The summed E-state index contributed by atoms with van der Waals surface area (Å²) in [6.45, 7) is 4.69. The summed E-state index contributed by atoms with van der Waals surface area (Å²) in [5, 5.41) is 6.40. The van der Waals surface area contributed by atoms with Gasteiger partial charge < -0.3 is 5.32 Å². The lowest BCUT2D eigenvalue weighted by atomic mass is 9.80. The molecule has 0 spiro atoms. The van der Waals surface area contributed by atoms with E-state index in [1.807, 2.05) is 0 Å². The van der Waals surface area contributed by atoms with Gasteiger partial charge in [-0.05, 0) is 45.3 Å². The molecule has 26 heavy (non-hydrogen) atoms. The minimum absolute atomic E-state index is 0.0191. The van der Waals surface area contributed by atoms with Crippen LogP contribution in [-0.2, 0) is 5.41 Å². The Morgan fingerprint density at radius 1 is 0.654 bits per heavy atom. The van der Waals surface area contributed by atoms with E-state index in [1.54, 1.807) is 0 Å². The maximum atomic E-state index is 3.70. The van der Waals surface area contributed by atoms with Crippen LogP contribution in [0.3, 0.4) is 0 Å². The third-order valence-electron chi connectivity index (χ3n) is 6.19. The molecular formula is C25H19N. The molecule has 0 saturated heterocycles. The first-order valence-corrected chi connectivity index (χ1v) is 9.23. The average molecular weight is 333 g/mol. The minimum atomic E-state index is 0.0191. The molecule has 2 aliphatic rings. The number of nitrogens with one attached hydrogen (secondary N) is 1. The molecule has 0 unspecified atom stereocenters. The van der Waals surface area contributed by atoms with Crippen molar-refractivity contribution in [3.8, 4) is 22.3 Å². The highest BCUT2D eigenvalue weighted by molar-refractivity contribution is 6.17. The van der Waals surface area contributed by atoms with Gasteiger partial charge in [0.1, 0.15) is 0 Å². The van der Waals surface area contributed by atoms with Crippen molar-refractivity contribution in [2.24, 2.45) is 0 Å². The Bertz CT molecular complexity index is 1230. The Labute approximate surface area is 153 Å². The molecule has 0 atom stereocenters. The molecule has 1 heteroatoms. The standard InChI is InChI=1S/C25H19N/c1-25(2)19-12-5-3-9-17(19)23-18-11-7-10-16-15-8-4-6-13-21(15)26-22(24(16)18)14-20(23)25/h3-14,26H,1-2H3. The summed E-state index contributed by atoms with van der Waals surface area (Å²) in [5.41, 5.74) is 10.7. The summed E-state index contributed by atoms with van der Waals surface area (Å²) in [6, 6.07) is 26.6. The third-order valence-corrected chi connectivity index (χ3v) is 6.19. The number of rotatable bonds is 0. The molecule has 0 radical (unpaired) electrons. The van der Waals surface area contributed by atoms with Gasteiger partial charge >= 0.3 is 0 Å². The summed E-state index contributed by atoms with van der Waals surface area (Å²) in [5.74, 6) is 0. The average Bonchev–Trinajstić information content (AvgIpc) is 2.90. The first kappa shape index (κ1) is 14.1. The normalized spacial score (nSPS) is 15.2. The zero-order valence-corrected chi connectivity index (χ0v) is 14.9. The van der Waals surface area contributed by atoms with Gasteiger partial charge in [0.25, 0.3) is 0 Å². The molecule has 0 fully saturated rings. The van der Waals surface area contributed by atoms with Gasteiger partial charge in [0, 0.05) is 27.7 Å². The number of anilines is 2. The maximum Gasteiger partial charge on any atom is 0.0473 e. The summed E-state index contributed by atoms with van der Waals surface area (Å²) < 4.78 is 0. The number of para-hydroxylation sites is 1. The molecule has 1 aliphatic carbocycles. The second kappa shape index (κ2) is 4.56. The zero-order valence-electron chi connectivity index (χ0n) is 14.9. The third kappa shape index (κ3) is 1.56. The van der Waals surface area contributed by atoms with Gasteiger partial charge in [-0.15, -0.1) is 0 Å². The van der Waals surface area contributed by atoms with Crippen molar-refractivity contribution in [3.63, 3.8) is 0 Å². The molecule has 6 rings (SSSR count). The van der Waals surface area contributed by atoms with E-state index in [9.17, 15) is 0 Å². The SMILES string of the molecule is CC1(C)c2ccccc2-c2c1cc1c3c(cccc23)-c2ccccc2N1. The molecule has 1 N–H and O–H groups in total. The van der Waals surface area contributed by atoms with E-state index in [-0.39, 0.29) is 5.41 Å². The number of fused-ring (bicyclic) bond motifs is 6. The van der Waals surface area contributed by atoms with Crippen molar-refractivity contribution >= 4 is 22.1 Å². The van der Waals surface area contributed by atoms with E-state index in [0.717, 1.165) is 0 Å². The van der Waals surface area contributed by atoms with Crippen molar-refractivity contribution in [3.05, 3.63) is 83.9 Å². The smallest absolute Gasteiger partial charge is 0.0473 e. The van der Waals surface area contributed by atoms with E-state index in [4.69, 9.17) is 0 Å². The van der Waals surface area contributed by atoms with Crippen molar-refractivity contribution in [1.29, 1.82) is 0 Å². The first-order valence-electron chi connectivity index (χ1n) is 9.23.